The second-order valence-corrected chi connectivity index (χ2v) is 10.0. The number of aromatic nitrogens is 1. The maximum Gasteiger partial charge on any atom is 0.234 e. The Balaban J connectivity index is 1.34. The van der Waals surface area contributed by atoms with Crippen LogP contribution in [-0.2, 0) is 4.79 Å². The van der Waals surface area contributed by atoms with Crippen LogP contribution in [0.3, 0.4) is 0 Å². The minimum atomic E-state index is -0.262. The van der Waals surface area contributed by atoms with Gasteiger partial charge in [0, 0.05) is 19.3 Å². The number of hydrogen-bond acceptors (Lipinski definition) is 6. The molecule has 0 aromatic carbocycles. The highest BCUT2D eigenvalue weighted by molar-refractivity contribution is 5.79. The molecular formula is C24H30N6O. The number of anilines is 1. The van der Waals surface area contributed by atoms with E-state index < -0.39 is 0 Å². The molecule has 5 fully saturated rings. The molecule has 162 valence electrons. The Morgan fingerprint density at radius 2 is 1.90 bits per heavy atom. The minimum Gasteiger partial charge on any atom is -0.368 e. The topological polar surface area (TPSA) is 105 Å². The maximum atomic E-state index is 13.2. The van der Waals surface area contributed by atoms with Crippen molar-refractivity contribution < 1.29 is 4.79 Å². The molecular weight excluding hydrogens is 388 g/mol. The van der Waals surface area contributed by atoms with Crippen LogP contribution < -0.4 is 10.6 Å². The number of amides is 1. The summed E-state index contributed by atoms with van der Waals surface area (Å²) in [4.78, 5) is 19.6. The van der Waals surface area contributed by atoms with E-state index in [1.807, 2.05) is 11.0 Å². The first-order valence-electron chi connectivity index (χ1n) is 11.6. The van der Waals surface area contributed by atoms with Crippen LogP contribution in [0, 0.1) is 46.3 Å². The normalized spacial score (nSPS) is 36.0. The molecule has 31 heavy (non-hydrogen) atoms. The van der Waals surface area contributed by atoms with Gasteiger partial charge < -0.3 is 10.6 Å². The smallest absolute Gasteiger partial charge is 0.234 e. The van der Waals surface area contributed by atoms with Crippen LogP contribution in [0.2, 0.25) is 0 Å². The summed E-state index contributed by atoms with van der Waals surface area (Å²) >= 11 is 0. The van der Waals surface area contributed by atoms with E-state index >= 15 is 0 Å². The van der Waals surface area contributed by atoms with Gasteiger partial charge in [0.2, 0.25) is 5.91 Å². The quantitative estimate of drug-likeness (QED) is 0.736. The van der Waals surface area contributed by atoms with Gasteiger partial charge in [-0.25, -0.2) is 4.98 Å². The van der Waals surface area contributed by atoms with Crippen molar-refractivity contribution in [1.29, 1.82) is 10.5 Å². The second kappa shape index (κ2) is 8.13. The molecule has 1 aromatic heterocycles. The number of rotatable bonds is 6. The van der Waals surface area contributed by atoms with Gasteiger partial charge >= 0.3 is 0 Å². The molecule has 2 heterocycles. The van der Waals surface area contributed by atoms with Gasteiger partial charge in [0.15, 0.2) is 0 Å². The third kappa shape index (κ3) is 3.77. The van der Waals surface area contributed by atoms with E-state index in [4.69, 9.17) is 5.26 Å². The first-order chi connectivity index (χ1) is 15.1. The van der Waals surface area contributed by atoms with E-state index in [2.05, 4.69) is 27.8 Å². The zero-order valence-electron chi connectivity index (χ0n) is 17.9. The van der Waals surface area contributed by atoms with E-state index in [1.165, 1.54) is 32.1 Å². The molecule has 6 rings (SSSR count). The number of nitrogens with one attached hydrogen (secondary N) is 2. The molecule has 1 aromatic rings. The van der Waals surface area contributed by atoms with Crippen molar-refractivity contribution in [3.05, 3.63) is 23.9 Å². The van der Waals surface area contributed by atoms with Gasteiger partial charge in [0.05, 0.1) is 29.8 Å². The fourth-order valence-corrected chi connectivity index (χ4v) is 7.01. The van der Waals surface area contributed by atoms with Gasteiger partial charge in [-0.05, 0) is 80.8 Å². The molecule has 4 aliphatic carbocycles. The second-order valence-electron chi connectivity index (χ2n) is 10.0. The van der Waals surface area contributed by atoms with Gasteiger partial charge in [-0.3, -0.25) is 9.69 Å². The Morgan fingerprint density at radius 3 is 2.52 bits per heavy atom. The van der Waals surface area contributed by atoms with E-state index in [9.17, 15) is 10.1 Å². The van der Waals surface area contributed by atoms with Crippen LogP contribution in [0.4, 0.5) is 5.82 Å². The van der Waals surface area contributed by atoms with Crippen molar-refractivity contribution in [3.8, 4) is 12.1 Å². The monoisotopic (exact) mass is 418 g/mol. The third-order valence-electron chi connectivity index (χ3n) is 8.28. The minimum absolute atomic E-state index is 0.0456. The third-order valence-corrected chi connectivity index (χ3v) is 8.28. The van der Waals surface area contributed by atoms with Crippen LogP contribution in [0.1, 0.15) is 50.5 Å². The molecule has 5 aliphatic rings. The summed E-state index contributed by atoms with van der Waals surface area (Å²) in [6.45, 7) is 1.79. The van der Waals surface area contributed by atoms with Crippen LogP contribution in [0.25, 0.3) is 0 Å². The average Bonchev–Trinajstić information content (AvgIpc) is 3.22. The molecule has 0 unspecified atom stereocenters. The zero-order chi connectivity index (χ0) is 21.4. The summed E-state index contributed by atoms with van der Waals surface area (Å²) in [6, 6.07) is 7.92. The molecule has 1 aliphatic heterocycles. The molecule has 4 saturated carbocycles. The lowest BCUT2D eigenvalue weighted by Crippen LogP contribution is -2.69. The average molecular weight is 419 g/mol. The number of carbonyl (C=O) groups is 1. The molecule has 7 heteroatoms. The molecule has 1 saturated heterocycles. The number of nitriles is 2. The SMILES string of the molecule is N#Cc1ccc(NCC2(NC(=O)CN3CCC[C@H]3C#N)C3CC4CC(C3)CC2C4)nc1. The number of nitrogens with zero attached hydrogens (tertiary/aromatic N) is 4. The predicted molar refractivity (Wildman–Crippen MR) is 116 cm³/mol. The fourth-order valence-electron chi connectivity index (χ4n) is 7.01. The molecule has 0 radical (unpaired) electrons. The van der Waals surface area contributed by atoms with Crippen LogP contribution >= 0.6 is 0 Å². The molecule has 1 amide bonds. The summed E-state index contributed by atoms with van der Waals surface area (Å²) in [6.07, 6.45) is 9.56. The standard InChI is InChI=1S/C24H30N6O/c25-11-16-3-4-22(27-13-16)28-15-24(19-7-17-6-18(9-19)10-20(24)8-17)29-23(31)14-30-5-1-2-21(30)12-26/h3-4,13,17-21H,1-2,5-10,14-15H2,(H,27,28)(H,29,31)/t17?,18?,19?,20?,21-,24?/m0/s1. The van der Waals surface area contributed by atoms with E-state index in [1.54, 1.807) is 12.3 Å². The van der Waals surface area contributed by atoms with Crippen LogP contribution in [-0.4, -0.2) is 47.0 Å². The van der Waals surface area contributed by atoms with Gasteiger partial charge in [-0.2, -0.15) is 10.5 Å². The number of hydrogen-bond donors (Lipinski definition) is 2. The van der Waals surface area contributed by atoms with Gasteiger partial charge in [-0.1, -0.05) is 0 Å². The van der Waals surface area contributed by atoms with Crippen molar-refractivity contribution >= 4 is 11.7 Å². The van der Waals surface area contributed by atoms with Crippen molar-refractivity contribution in [2.24, 2.45) is 23.7 Å². The van der Waals surface area contributed by atoms with Crippen LogP contribution in [0.5, 0.6) is 0 Å². The van der Waals surface area contributed by atoms with Crippen molar-refractivity contribution in [1.82, 2.24) is 15.2 Å². The fraction of sp³-hybridized carbons (Fsp3) is 0.667. The molecule has 7 nitrogen and oxygen atoms in total. The Morgan fingerprint density at radius 1 is 1.16 bits per heavy atom. The van der Waals surface area contributed by atoms with Crippen molar-refractivity contribution in [2.45, 2.75) is 56.5 Å². The summed E-state index contributed by atoms with van der Waals surface area (Å²) in [5.41, 5.74) is 0.280. The van der Waals surface area contributed by atoms with Gasteiger partial charge in [0.1, 0.15) is 11.9 Å². The molecule has 2 N–H and O–H groups in total. The summed E-state index contributed by atoms with van der Waals surface area (Å²) < 4.78 is 0. The van der Waals surface area contributed by atoms with Crippen molar-refractivity contribution in [2.75, 3.05) is 25.0 Å². The van der Waals surface area contributed by atoms with Gasteiger partial charge in [-0.15, -0.1) is 0 Å². The lowest BCUT2D eigenvalue weighted by Gasteiger charge is -2.61. The lowest BCUT2D eigenvalue weighted by molar-refractivity contribution is -0.132. The Hall–Kier alpha value is -2.64. The van der Waals surface area contributed by atoms with E-state index in [0.29, 0.717) is 30.5 Å². The summed E-state index contributed by atoms with van der Waals surface area (Å²) in [7, 11) is 0. The molecule has 4 bridgehead atoms. The van der Waals surface area contributed by atoms with Gasteiger partial charge in [0.25, 0.3) is 0 Å². The van der Waals surface area contributed by atoms with E-state index in [-0.39, 0.29) is 17.5 Å². The highest BCUT2D eigenvalue weighted by atomic mass is 16.2. The number of likely N-dealkylation sites (tertiary alicyclic amines) is 1. The van der Waals surface area contributed by atoms with E-state index in [0.717, 1.165) is 37.0 Å². The zero-order valence-corrected chi connectivity index (χ0v) is 17.9. The van der Waals surface area contributed by atoms with Crippen molar-refractivity contribution in [3.63, 3.8) is 0 Å². The number of carbonyl (C=O) groups excluding carboxylic acids is 1. The molecule has 0 spiro atoms. The highest BCUT2D eigenvalue weighted by Crippen LogP contribution is 2.58. The molecule has 1 atom stereocenters. The highest BCUT2D eigenvalue weighted by Gasteiger charge is 2.57. The maximum absolute atomic E-state index is 13.2. The number of pyridine rings is 1. The first-order valence-corrected chi connectivity index (χ1v) is 11.6. The van der Waals surface area contributed by atoms with Crippen LogP contribution in [0.15, 0.2) is 18.3 Å². The Labute approximate surface area is 183 Å². The summed E-state index contributed by atoms with van der Waals surface area (Å²) in [5, 5.41) is 25.4. The first kappa shape index (κ1) is 20.3. The summed E-state index contributed by atoms with van der Waals surface area (Å²) in [5.74, 6) is 3.38. The largest absolute Gasteiger partial charge is 0.368 e. The Kier molecular flexibility index (Phi) is 5.32. The predicted octanol–water partition coefficient (Wildman–Crippen LogP) is 2.66. The Bertz CT molecular complexity index is 885. The lowest BCUT2D eigenvalue weighted by atomic mass is 9.48.